The van der Waals surface area contributed by atoms with Crippen molar-refractivity contribution in [2.24, 2.45) is 0 Å². The molecule has 0 bridgehead atoms. The normalized spacial score (nSPS) is 9.73. The standard InChI is InChI=1S/C17H11F2NO2/c1-22-17(21)15(10-20)16(11-2-6-13(18)7-3-11)12-4-8-14(19)9-5-12/h2-9H,1H3. The van der Waals surface area contributed by atoms with Gasteiger partial charge in [-0.05, 0) is 35.4 Å². The number of nitriles is 1. The van der Waals surface area contributed by atoms with Crippen molar-refractivity contribution in [3.63, 3.8) is 0 Å². The van der Waals surface area contributed by atoms with Crippen LogP contribution < -0.4 is 0 Å². The zero-order valence-corrected chi connectivity index (χ0v) is 11.6. The van der Waals surface area contributed by atoms with Crippen molar-refractivity contribution in [3.8, 4) is 6.07 Å². The molecule has 2 rings (SSSR count). The number of methoxy groups -OCH3 is 1. The van der Waals surface area contributed by atoms with Crippen LogP contribution in [0.3, 0.4) is 0 Å². The Morgan fingerprint density at radius 3 is 1.68 bits per heavy atom. The fourth-order valence-corrected chi connectivity index (χ4v) is 1.99. The number of nitrogens with zero attached hydrogens (tertiary/aromatic N) is 1. The molecule has 0 saturated heterocycles. The van der Waals surface area contributed by atoms with Crippen LogP contribution in [0.5, 0.6) is 0 Å². The lowest BCUT2D eigenvalue weighted by atomic mass is 9.93. The summed E-state index contributed by atoms with van der Waals surface area (Å²) in [7, 11) is 1.16. The number of benzene rings is 2. The third-order valence-corrected chi connectivity index (χ3v) is 3.02. The van der Waals surface area contributed by atoms with Gasteiger partial charge in [-0.25, -0.2) is 13.6 Å². The molecular weight excluding hydrogens is 288 g/mol. The maximum absolute atomic E-state index is 13.1. The molecule has 0 aliphatic rings. The Labute approximate surface area is 126 Å². The van der Waals surface area contributed by atoms with Crippen LogP contribution in [0.1, 0.15) is 11.1 Å². The Morgan fingerprint density at radius 1 is 0.955 bits per heavy atom. The van der Waals surface area contributed by atoms with Crippen molar-refractivity contribution in [2.45, 2.75) is 0 Å². The zero-order chi connectivity index (χ0) is 16.1. The summed E-state index contributed by atoms with van der Waals surface area (Å²) in [6.07, 6.45) is 0. The molecule has 0 amide bonds. The molecule has 0 saturated carbocycles. The van der Waals surface area contributed by atoms with Gasteiger partial charge in [-0.1, -0.05) is 24.3 Å². The van der Waals surface area contributed by atoms with Crippen LogP contribution in [0.2, 0.25) is 0 Å². The highest BCUT2D eigenvalue weighted by atomic mass is 19.1. The molecule has 0 aliphatic carbocycles. The van der Waals surface area contributed by atoms with Crippen LogP contribution in [0, 0.1) is 23.0 Å². The van der Waals surface area contributed by atoms with Crippen LogP contribution in [0.4, 0.5) is 8.78 Å². The molecule has 5 heteroatoms. The van der Waals surface area contributed by atoms with Gasteiger partial charge in [-0.2, -0.15) is 5.26 Å². The van der Waals surface area contributed by atoms with Crippen LogP contribution >= 0.6 is 0 Å². The van der Waals surface area contributed by atoms with Gasteiger partial charge in [0, 0.05) is 5.57 Å². The largest absolute Gasteiger partial charge is 0.465 e. The molecule has 0 spiro atoms. The van der Waals surface area contributed by atoms with Gasteiger partial charge in [-0.15, -0.1) is 0 Å². The summed E-state index contributed by atoms with van der Waals surface area (Å²) >= 11 is 0. The Hall–Kier alpha value is -3.00. The second kappa shape index (κ2) is 6.64. The van der Waals surface area contributed by atoms with Gasteiger partial charge in [0.25, 0.3) is 0 Å². The first kappa shape index (κ1) is 15.4. The Kier molecular flexibility index (Phi) is 4.64. The molecule has 0 radical (unpaired) electrons. The number of ether oxygens (including phenoxy) is 1. The van der Waals surface area contributed by atoms with Gasteiger partial charge >= 0.3 is 5.97 Å². The van der Waals surface area contributed by atoms with E-state index in [-0.39, 0.29) is 11.1 Å². The summed E-state index contributed by atoms with van der Waals surface area (Å²) in [5.74, 6) is -1.70. The number of hydrogen-bond donors (Lipinski definition) is 0. The van der Waals surface area contributed by atoms with Crippen LogP contribution in [0.15, 0.2) is 54.1 Å². The molecule has 0 aliphatic heterocycles. The quantitative estimate of drug-likeness (QED) is 0.495. The summed E-state index contributed by atoms with van der Waals surface area (Å²) in [5, 5.41) is 9.27. The van der Waals surface area contributed by atoms with Gasteiger partial charge in [-0.3, -0.25) is 0 Å². The average molecular weight is 299 g/mol. The van der Waals surface area contributed by atoms with Gasteiger partial charge < -0.3 is 4.74 Å². The lowest BCUT2D eigenvalue weighted by Crippen LogP contribution is -2.07. The lowest BCUT2D eigenvalue weighted by molar-refractivity contribution is -0.135. The van der Waals surface area contributed by atoms with E-state index in [9.17, 15) is 18.8 Å². The van der Waals surface area contributed by atoms with Gasteiger partial charge in [0.15, 0.2) is 0 Å². The molecule has 0 N–H and O–H groups in total. The Morgan fingerprint density at radius 2 is 1.36 bits per heavy atom. The fraction of sp³-hybridized carbons (Fsp3) is 0.0588. The summed E-state index contributed by atoms with van der Waals surface area (Å²) in [4.78, 5) is 11.8. The second-order valence-electron chi connectivity index (χ2n) is 4.37. The molecule has 2 aromatic rings. The van der Waals surface area contributed by atoms with Crippen molar-refractivity contribution in [2.75, 3.05) is 7.11 Å². The monoisotopic (exact) mass is 299 g/mol. The average Bonchev–Trinajstić information content (AvgIpc) is 2.54. The molecule has 0 unspecified atom stereocenters. The number of carbonyl (C=O) groups is 1. The maximum atomic E-state index is 13.1. The van der Waals surface area contributed by atoms with Crippen molar-refractivity contribution in [1.82, 2.24) is 0 Å². The highest BCUT2D eigenvalue weighted by molar-refractivity contribution is 6.05. The molecule has 22 heavy (non-hydrogen) atoms. The maximum Gasteiger partial charge on any atom is 0.349 e. The smallest absolute Gasteiger partial charge is 0.349 e. The van der Waals surface area contributed by atoms with E-state index in [4.69, 9.17) is 0 Å². The third kappa shape index (κ3) is 3.18. The molecule has 0 aromatic heterocycles. The third-order valence-electron chi connectivity index (χ3n) is 3.02. The first-order chi connectivity index (χ1) is 10.6. The summed E-state index contributed by atoms with van der Waals surface area (Å²) < 4.78 is 30.8. The predicted molar refractivity (Wildman–Crippen MR) is 76.5 cm³/mol. The van der Waals surface area contributed by atoms with Gasteiger partial charge in [0.1, 0.15) is 23.3 Å². The van der Waals surface area contributed by atoms with Crippen LogP contribution in [-0.4, -0.2) is 13.1 Å². The molecule has 0 fully saturated rings. The minimum Gasteiger partial charge on any atom is -0.465 e. The van der Waals surface area contributed by atoms with Crippen molar-refractivity contribution in [3.05, 3.63) is 76.9 Å². The van der Waals surface area contributed by atoms with Crippen molar-refractivity contribution in [1.29, 1.82) is 5.26 Å². The topological polar surface area (TPSA) is 50.1 Å². The first-order valence-electron chi connectivity index (χ1n) is 6.31. The highest BCUT2D eigenvalue weighted by Gasteiger charge is 2.19. The Balaban J connectivity index is 2.71. The minimum atomic E-state index is -0.814. The van der Waals surface area contributed by atoms with E-state index in [2.05, 4.69) is 4.74 Å². The number of rotatable bonds is 3. The zero-order valence-electron chi connectivity index (χ0n) is 11.6. The van der Waals surface area contributed by atoms with E-state index in [0.29, 0.717) is 11.1 Å². The van der Waals surface area contributed by atoms with Crippen molar-refractivity contribution >= 4 is 11.5 Å². The number of carbonyl (C=O) groups excluding carboxylic acids is 1. The van der Waals surface area contributed by atoms with Crippen LogP contribution in [0.25, 0.3) is 5.57 Å². The predicted octanol–water partition coefficient (Wildman–Crippen LogP) is 3.46. The molecule has 3 nitrogen and oxygen atoms in total. The van der Waals surface area contributed by atoms with E-state index in [1.165, 1.54) is 48.5 Å². The molecule has 0 atom stereocenters. The number of halogens is 2. The summed E-state index contributed by atoms with van der Waals surface area (Å²) in [5.41, 5.74) is 0.931. The summed E-state index contributed by atoms with van der Waals surface area (Å²) in [6, 6.07) is 12.4. The van der Waals surface area contributed by atoms with E-state index in [1.54, 1.807) is 6.07 Å². The Bertz CT molecular complexity index is 709. The lowest BCUT2D eigenvalue weighted by Gasteiger charge is -2.11. The SMILES string of the molecule is COC(=O)C(C#N)=C(c1ccc(F)cc1)c1ccc(F)cc1. The van der Waals surface area contributed by atoms with Gasteiger partial charge in [0.2, 0.25) is 0 Å². The highest BCUT2D eigenvalue weighted by Crippen LogP contribution is 2.28. The molecular formula is C17H11F2NO2. The minimum absolute atomic E-state index is 0.235. The van der Waals surface area contributed by atoms with E-state index >= 15 is 0 Å². The van der Waals surface area contributed by atoms with Crippen LogP contribution in [-0.2, 0) is 9.53 Å². The van der Waals surface area contributed by atoms with E-state index in [0.717, 1.165) is 7.11 Å². The number of hydrogen-bond acceptors (Lipinski definition) is 3. The molecule has 0 heterocycles. The molecule has 110 valence electrons. The van der Waals surface area contributed by atoms with Crippen molar-refractivity contribution < 1.29 is 18.3 Å². The fourth-order valence-electron chi connectivity index (χ4n) is 1.99. The first-order valence-corrected chi connectivity index (χ1v) is 6.31. The molecule has 2 aromatic carbocycles. The van der Waals surface area contributed by atoms with Gasteiger partial charge in [0.05, 0.1) is 7.11 Å². The summed E-state index contributed by atoms with van der Waals surface area (Å²) in [6.45, 7) is 0. The van der Waals surface area contributed by atoms with E-state index in [1.807, 2.05) is 0 Å². The van der Waals surface area contributed by atoms with E-state index < -0.39 is 17.6 Å². The number of esters is 1. The second-order valence-corrected chi connectivity index (χ2v) is 4.37.